The van der Waals surface area contributed by atoms with Crippen molar-refractivity contribution in [1.82, 2.24) is 4.72 Å². The summed E-state index contributed by atoms with van der Waals surface area (Å²) in [7, 11) is -1.72. The van der Waals surface area contributed by atoms with Gasteiger partial charge in [0.2, 0.25) is 10.0 Å². The molecule has 1 aromatic carbocycles. The van der Waals surface area contributed by atoms with Crippen molar-refractivity contribution in [3.8, 4) is 5.75 Å². The van der Waals surface area contributed by atoms with Crippen molar-refractivity contribution >= 4 is 15.7 Å². The van der Waals surface area contributed by atoms with E-state index in [1.165, 1.54) is 7.11 Å². The minimum absolute atomic E-state index is 0.0499. The van der Waals surface area contributed by atoms with Gasteiger partial charge in [-0.1, -0.05) is 12.1 Å². The molecule has 0 bridgehead atoms. The van der Waals surface area contributed by atoms with E-state index in [-0.39, 0.29) is 18.9 Å². The lowest BCUT2D eigenvalue weighted by atomic mass is 10.3. The first-order chi connectivity index (χ1) is 9.05. The van der Waals surface area contributed by atoms with Crippen molar-refractivity contribution in [3.05, 3.63) is 24.3 Å². The average molecular weight is 288 g/mol. The van der Waals surface area contributed by atoms with Gasteiger partial charge in [-0.25, -0.2) is 13.1 Å². The Balaban J connectivity index is 2.25. The molecule has 0 unspecified atom stereocenters. The number of ether oxygens (including phenoxy) is 2. The maximum absolute atomic E-state index is 11.5. The van der Waals surface area contributed by atoms with E-state index in [9.17, 15) is 8.42 Å². The number of nitrogens with two attached hydrogens (primary N) is 1. The lowest BCUT2D eigenvalue weighted by Gasteiger charge is -2.09. The smallest absolute Gasteiger partial charge is 0.211 e. The quantitative estimate of drug-likeness (QED) is 0.513. The number of nitrogens with one attached hydrogen (secondary N) is 1. The van der Waals surface area contributed by atoms with Gasteiger partial charge < -0.3 is 15.2 Å². The molecule has 0 spiro atoms. The fraction of sp³-hybridized carbons (Fsp3) is 0.500. The van der Waals surface area contributed by atoms with E-state index < -0.39 is 10.0 Å². The number of para-hydroxylation sites is 2. The van der Waals surface area contributed by atoms with Crippen LogP contribution in [-0.4, -0.2) is 41.0 Å². The summed E-state index contributed by atoms with van der Waals surface area (Å²) in [6.07, 6.45) is 0.471. The van der Waals surface area contributed by atoms with Crippen LogP contribution in [0.4, 0.5) is 5.69 Å². The number of anilines is 1. The van der Waals surface area contributed by atoms with Crippen molar-refractivity contribution in [1.29, 1.82) is 0 Å². The molecule has 0 saturated heterocycles. The van der Waals surface area contributed by atoms with Gasteiger partial charge in [-0.15, -0.1) is 0 Å². The summed E-state index contributed by atoms with van der Waals surface area (Å²) in [4.78, 5) is 0. The summed E-state index contributed by atoms with van der Waals surface area (Å²) in [5, 5.41) is 0. The average Bonchev–Trinajstić information content (AvgIpc) is 2.37. The molecule has 0 heterocycles. The zero-order chi connectivity index (χ0) is 14.1. The van der Waals surface area contributed by atoms with Gasteiger partial charge in [0.05, 0.1) is 11.4 Å². The van der Waals surface area contributed by atoms with E-state index in [2.05, 4.69) is 4.72 Å². The van der Waals surface area contributed by atoms with Gasteiger partial charge in [-0.3, -0.25) is 0 Å². The molecule has 0 aliphatic rings. The molecule has 0 aromatic heterocycles. The highest BCUT2D eigenvalue weighted by molar-refractivity contribution is 7.89. The molecule has 7 heteroatoms. The summed E-state index contributed by atoms with van der Waals surface area (Å²) >= 11 is 0. The molecule has 1 rings (SSSR count). The summed E-state index contributed by atoms with van der Waals surface area (Å²) in [6.45, 7) is 0.874. The van der Waals surface area contributed by atoms with Crippen LogP contribution in [-0.2, 0) is 14.8 Å². The summed E-state index contributed by atoms with van der Waals surface area (Å²) in [6, 6.07) is 7.08. The molecular weight excluding hydrogens is 268 g/mol. The first kappa shape index (κ1) is 15.7. The van der Waals surface area contributed by atoms with Crippen LogP contribution in [0.25, 0.3) is 0 Å². The van der Waals surface area contributed by atoms with Crippen LogP contribution >= 0.6 is 0 Å². The zero-order valence-electron chi connectivity index (χ0n) is 11.0. The molecule has 0 saturated carbocycles. The van der Waals surface area contributed by atoms with Gasteiger partial charge in [0.1, 0.15) is 12.4 Å². The normalized spacial score (nSPS) is 11.4. The molecule has 0 aliphatic heterocycles. The number of sulfonamides is 1. The predicted molar refractivity (Wildman–Crippen MR) is 74.6 cm³/mol. The highest BCUT2D eigenvalue weighted by atomic mass is 32.2. The van der Waals surface area contributed by atoms with Crippen LogP contribution in [0.2, 0.25) is 0 Å². The summed E-state index contributed by atoms with van der Waals surface area (Å²) < 4.78 is 35.7. The Morgan fingerprint density at radius 1 is 1.26 bits per heavy atom. The number of methoxy groups -OCH3 is 1. The Morgan fingerprint density at radius 2 is 2.00 bits per heavy atom. The number of hydrogen-bond donors (Lipinski definition) is 2. The lowest BCUT2D eigenvalue weighted by Crippen LogP contribution is -2.30. The molecule has 0 amide bonds. The standard InChI is InChI=1S/C12H20N2O4S/c1-17-8-4-10-19(15,16)14-7-9-18-12-6-3-2-5-11(12)13/h2-3,5-6,14H,4,7-10,13H2,1H3. The van der Waals surface area contributed by atoms with E-state index in [1.807, 2.05) is 0 Å². The van der Waals surface area contributed by atoms with Crippen LogP contribution in [0, 0.1) is 0 Å². The second-order valence-corrected chi connectivity index (χ2v) is 5.87. The molecule has 19 heavy (non-hydrogen) atoms. The minimum Gasteiger partial charge on any atom is -0.490 e. The van der Waals surface area contributed by atoms with Crippen LogP contribution in [0.1, 0.15) is 6.42 Å². The molecule has 108 valence electrons. The van der Waals surface area contributed by atoms with E-state index >= 15 is 0 Å². The van der Waals surface area contributed by atoms with Gasteiger partial charge in [0.25, 0.3) is 0 Å². The van der Waals surface area contributed by atoms with Crippen molar-refractivity contribution in [2.24, 2.45) is 0 Å². The molecule has 3 N–H and O–H groups in total. The summed E-state index contributed by atoms with van der Waals surface area (Å²) in [5.41, 5.74) is 6.22. The van der Waals surface area contributed by atoms with Crippen molar-refractivity contribution in [3.63, 3.8) is 0 Å². The third-order valence-electron chi connectivity index (χ3n) is 2.36. The van der Waals surface area contributed by atoms with Crippen molar-refractivity contribution < 1.29 is 17.9 Å². The molecular formula is C12H20N2O4S. The molecule has 0 aliphatic carbocycles. The third kappa shape index (κ3) is 6.42. The van der Waals surface area contributed by atoms with Crippen LogP contribution in [0.15, 0.2) is 24.3 Å². The van der Waals surface area contributed by atoms with Gasteiger partial charge in [-0.2, -0.15) is 0 Å². The van der Waals surface area contributed by atoms with Gasteiger partial charge in [0, 0.05) is 20.3 Å². The largest absolute Gasteiger partial charge is 0.490 e. The lowest BCUT2D eigenvalue weighted by molar-refractivity contribution is 0.199. The highest BCUT2D eigenvalue weighted by Crippen LogP contribution is 2.19. The highest BCUT2D eigenvalue weighted by Gasteiger charge is 2.09. The second kappa shape index (κ2) is 7.98. The Bertz CT molecular complexity index is 476. The fourth-order valence-corrected chi connectivity index (χ4v) is 2.47. The first-order valence-electron chi connectivity index (χ1n) is 5.99. The van der Waals surface area contributed by atoms with Crippen LogP contribution in [0.5, 0.6) is 5.75 Å². The van der Waals surface area contributed by atoms with Crippen molar-refractivity contribution in [2.45, 2.75) is 6.42 Å². The number of benzene rings is 1. The molecule has 0 atom stereocenters. The van der Waals surface area contributed by atoms with E-state index in [4.69, 9.17) is 15.2 Å². The first-order valence-corrected chi connectivity index (χ1v) is 7.64. The Hall–Kier alpha value is -1.31. The van der Waals surface area contributed by atoms with Crippen LogP contribution < -0.4 is 15.2 Å². The number of hydrogen-bond acceptors (Lipinski definition) is 5. The molecule has 6 nitrogen and oxygen atoms in total. The van der Waals surface area contributed by atoms with Gasteiger partial charge in [0.15, 0.2) is 0 Å². The monoisotopic (exact) mass is 288 g/mol. The Kier molecular flexibility index (Phi) is 6.61. The Morgan fingerprint density at radius 3 is 2.68 bits per heavy atom. The second-order valence-electron chi connectivity index (χ2n) is 3.95. The maximum Gasteiger partial charge on any atom is 0.211 e. The molecule has 1 aromatic rings. The number of rotatable bonds is 9. The van der Waals surface area contributed by atoms with Gasteiger partial charge in [-0.05, 0) is 18.6 Å². The van der Waals surface area contributed by atoms with Crippen molar-refractivity contribution in [2.75, 3.05) is 38.4 Å². The SMILES string of the molecule is COCCCS(=O)(=O)NCCOc1ccccc1N. The third-order valence-corrected chi connectivity index (χ3v) is 3.83. The van der Waals surface area contributed by atoms with E-state index in [1.54, 1.807) is 24.3 Å². The Labute approximate surface area is 113 Å². The molecule has 0 fully saturated rings. The predicted octanol–water partition coefficient (Wildman–Crippen LogP) is 0.604. The molecule has 0 radical (unpaired) electrons. The zero-order valence-corrected chi connectivity index (χ0v) is 11.8. The van der Waals surface area contributed by atoms with E-state index in [0.717, 1.165) is 0 Å². The minimum atomic E-state index is -3.26. The number of nitrogen functional groups attached to an aromatic ring is 1. The van der Waals surface area contributed by atoms with Crippen LogP contribution in [0.3, 0.4) is 0 Å². The topological polar surface area (TPSA) is 90.7 Å². The summed E-state index contributed by atoms with van der Waals surface area (Å²) in [5.74, 6) is 0.606. The fourth-order valence-electron chi connectivity index (χ4n) is 1.44. The van der Waals surface area contributed by atoms with E-state index in [0.29, 0.717) is 24.5 Å². The maximum atomic E-state index is 11.5. The van der Waals surface area contributed by atoms with Gasteiger partial charge >= 0.3 is 0 Å².